The molecule has 6 heteroatoms. The first kappa shape index (κ1) is 19.2. The molecule has 0 saturated carbocycles. The highest BCUT2D eigenvalue weighted by atomic mass is 16.5. The van der Waals surface area contributed by atoms with Crippen LogP contribution in [0.2, 0.25) is 0 Å². The van der Waals surface area contributed by atoms with Gasteiger partial charge >= 0.3 is 0 Å². The Morgan fingerprint density at radius 3 is 2.68 bits per heavy atom. The average Bonchev–Trinajstić information content (AvgIpc) is 2.94. The van der Waals surface area contributed by atoms with Crippen LogP contribution in [0.15, 0.2) is 24.3 Å². The molecule has 0 aliphatic carbocycles. The Kier molecular flexibility index (Phi) is 6.82. The molecule has 0 radical (unpaired) electrons. The Morgan fingerprint density at radius 1 is 1.32 bits per heavy atom. The minimum atomic E-state index is -0.431. The van der Waals surface area contributed by atoms with Crippen LogP contribution in [-0.2, 0) is 14.3 Å². The molecule has 0 unspecified atom stereocenters. The van der Waals surface area contributed by atoms with Crippen molar-refractivity contribution in [3.63, 3.8) is 0 Å². The van der Waals surface area contributed by atoms with Crippen LogP contribution < -0.4 is 10.1 Å². The standard InChI is InChI=1S/C19H28N2O4/c1-13(2)12-20-19(23)15-11-17(22)21(9-10-24-3)18(15)14-7-5-6-8-16(14)25-4/h5-8,13,15,18H,9-12H2,1-4H3,(H,20,23)/t15-,18+/m1/s1. The van der Waals surface area contributed by atoms with Crippen LogP contribution in [-0.4, -0.2) is 50.6 Å². The van der Waals surface area contributed by atoms with Gasteiger partial charge in [-0.2, -0.15) is 0 Å². The summed E-state index contributed by atoms with van der Waals surface area (Å²) in [5, 5.41) is 2.97. The largest absolute Gasteiger partial charge is 0.496 e. The zero-order chi connectivity index (χ0) is 18.4. The number of likely N-dealkylation sites (tertiary alicyclic amines) is 1. The maximum absolute atomic E-state index is 12.7. The van der Waals surface area contributed by atoms with Gasteiger partial charge in [0, 0.05) is 32.2 Å². The molecule has 1 heterocycles. The van der Waals surface area contributed by atoms with Crippen molar-refractivity contribution in [2.24, 2.45) is 11.8 Å². The molecule has 138 valence electrons. The van der Waals surface area contributed by atoms with Gasteiger partial charge in [0.15, 0.2) is 0 Å². The number of benzene rings is 1. The lowest BCUT2D eigenvalue weighted by Crippen LogP contribution is -2.38. The van der Waals surface area contributed by atoms with Crippen molar-refractivity contribution in [1.82, 2.24) is 10.2 Å². The SMILES string of the molecule is COCCN1C(=O)C[C@@H](C(=O)NCC(C)C)[C@@H]1c1ccccc1OC. The fourth-order valence-corrected chi connectivity index (χ4v) is 3.21. The van der Waals surface area contributed by atoms with Crippen LogP contribution in [0.5, 0.6) is 5.75 Å². The molecule has 2 atom stereocenters. The fraction of sp³-hybridized carbons (Fsp3) is 0.579. The summed E-state index contributed by atoms with van der Waals surface area (Å²) < 4.78 is 10.6. The van der Waals surface area contributed by atoms with Crippen molar-refractivity contribution in [3.05, 3.63) is 29.8 Å². The number of methoxy groups -OCH3 is 2. The van der Waals surface area contributed by atoms with E-state index in [9.17, 15) is 9.59 Å². The van der Waals surface area contributed by atoms with Gasteiger partial charge in [0.25, 0.3) is 0 Å². The molecular weight excluding hydrogens is 320 g/mol. The van der Waals surface area contributed by atoms with E-state index in [4.69, 9.17) is 9.47 Å². The smallest absolute Gasteiger partial charge is 0.226 e. The summed E-state index contributed by atoms with van der Waals surface area (Å²) in [4.78, 5) is 27.0. The number of hydrogen-bond acceptors (Lipinski definition) is 4. The topological polar surface area (TPSA) is 67.9 Å². The quantitative estimate of drug-likeness (QED) is 0.780. The van der Waals surface area contributed by atoms with Gasteiger partial charge in [-0.15, -0.1) is 0 Å². The zero-order valence-corrected chi connectivity index (χ0v) is 15.5. The molecule has 0 spiro atoms. The van der Waals surface area contributed by atoms with Gasteiger partial charge in [-0.05, 0) is 12.0 Å². The van der Waals surface area contributed by atoms with Crippen molar-refractivity contribution in [1.29, 1.82) is 0 Å². The summed E-state index contributed by atoms with van der Waals surface area (Å²) in [7, 11) is 3.20. The maximum atomic E-state index is 12.7. The lowest BCUT2D eigenvalue weighted by atomic mass is 9.92. The predicted octanol–water partition coefficient (Wildman–Crippen LogP) is 2.00. The van der Waals surface area contributed by atoms with Crippen LogP contribution in [0.1, 0.15) is 31.9 Å². The Labute approximate surface area is 149 Å². The highest BCUT2D eigenvalue weighted by Crippen LogP contribution is 2.41. The number of nitrogens with zero attached hydrogens (tertiary/aromatic N) is 1. The number of carbonyl (C=O) groups is 2. The Morgan fingerprint density at radius 2 is 2.04 bits per heavy atom. The molecule has 25 heavy (non-hydrogen) atoms. The normalized spacial score (nSPS) is 20.2. The minimum Gasteiger partial charge on any atom is -0.496 e. The molecule has 0 aromatic heterocycles. The lowest BCUT2D eigenvalue weighted by Gasteiger charge is -2.29. The van der Waals surface area contributed by atoms with Gasteiger partial charge in [-0.25, -0.2) is 0 Å². The molecule has 2 rings (SSSR count). The van der Waals surface area contributed by atoms with Crippen molar-refractivity contribution < 1.29 is 19.1 Å². The molecule has 1 aliphatic rings. The summed E-state index contributed by atoms with van der Waals surface area (Å²) in [6, 6.07) is 7.22. The third kappa shape index (κ3) is 4.51. The van der Waals surface area contributed by atoms with E-state index in [1.165, 1.54) is 0 Å². The molecule has 1 aliphatic heterocycles. The molecule has 1 aromatic rings. The second-order valence-electron chi connectivity index (χ2n) is 6.72. The number of rotatable bonds is 8. The van der Waals surface area contributed by atoms with Crippen molar-refractivity contribution >= 4 is 11.8 Å². The van der Waals surface area contributed by atoms with Gasteiger partial charge in [0.1, 0.15) is 5.75 Å². The van der Waals surface area contributed by atoms with E-state index >= 15 is 0 Å². The van der Waals surface area contributed by atoms with Crippen molar-refractivity contribution in [2.45, 2.75) is 26.3 Å². The number of para-hydroxylation sites is 1. The number of nitrogens with one attached hydrogen (secondary N) is 1. The monoisotopic (exact) mass is 348 g/mol. The number of hydrogen-bond donors (Lipinski definition) is 1. The van der Waals surface area contributed by atoms with E-state index in [1.807, 2.05) is 38.1 Å². The van der Waals surface area contributed by atoms with Gasteiger partial charge in [0.05, 0.1) is 25.7 Å². The van der Waals surface area contributed by atoms with Crippen molar-refractivity contribution in [2.75, 3.05) is 33.9 Å². The number of amides is 2. The van der Waals surface area contributed by atoms with Crippen molar-refractivity contribution in [3.8, 4) is 5.75 Å². The van der Waals surface area contributed by atoms with E-state index in [0.717, 1.165) is 5.56 Å². The van der Waals surface area contributed by atoms with E-state index in [-0.39, 0.29) is 24.3 Å². The van der Waals surface area contributed by atoms with Crippen LogP contribution in [0.3, 0.4) is 0 Å². The first-order valence-electron chi connectivity index (χ1n) is 8.68. The second kappa shape index (κ2) is 8.85. The average molecular weight is 348 g/mol. The van der Waals surface area contributed by atoms with Crippen LogP contribution in [0.4, 0.5) is 0 Å². The molecule has 1 fully saturated rings. The van der Waals surface area contributed by atoms with E-state index in [0.29, 0.717) is 31.4 Å². The first-order chi connectivity index (χ1) is 12.0. The van der Waals surface area contributed by atoms with Gasteiger partial charge < -0.3 is 19.7 Å². The summed E-state index contributed by atoms with van der Waals surface area (Å²) in [6.07, 6.45) is 0.205. The van der Waals surface area contributed by atoms with Crippen LogP contribution in [0.25, 0.3) is 0 Å². The van der Waals surface area contributed by atoms with E-state index in [1.54, 1.807) is 19.1 Å². The van der Waals surface area contributed by atoms with E-state index in [2.05, 4.69) is 5.32 Å². The molecule has 6 nitrogen and oxygen atoms in total. The van der Waals surface area contributed by atoms with Crippen LogP contribution in [0, 0.1) is 11.8 Å². The highest BCUT2D eigenvalue weighted by Gasteiger charge is 2.45. The fourth-order valence-electron chi connectivity index (χ4n) is 3.21. The second-order valence-corrected chi connectivity index (χ2v) is 6.72. The molecule has 2 amide bonds. The number of ether oxygens (including phenoxy) is 2. The first-order valence-corrected chi connectivity index (χ1v) is 8.68. The summed E-state index contributed by atoms with van der Waals surface area (Å²) in [5.41, 5.74) is 0.858. The Hall–Kier alpha value is -2.08. The minimum absolute atomic E-state index is 0.0300. The van der Waals surface area contributed by atoms with Crippen LogP contribution >= 0.6 is 0 Å². The Balaban J connectivity index is 2.33. The molecule has 0 bridgehead atoms. The third-order valence-corrected chi connectivity index (χ3v) is 4.45. The summed E-state index contributed by atoms with van der Waals surface area (Å²) in [5.74, 6) is 0.497. The number of carbonyl (C=O) groups excluding carboxylic acids is 2. The highest BCUT2D eigenvalue weighted by molar-refractivity contribution is 5.90. The summed E-state index contributed by atoms with van der Waals surface area (Å²) >= 11 is 0. The van der Waals surface area contributed by atoms with Gasteiger partial charge in [-0.3, -0.25) is 9.59 Å². The maximum Gasteiger partial charge on any atom is 0.226 e. The molecule has 1 saturated heterocycles. The summed E-state index contributed by atoms with van der Waals surface area (Å²) in [6.45, 7) is 5.56. The zero-order valence-electron chi connectivity index (χ0n) is 15.5. The predicted molar refractivity (Wildman–Crippen MR) is 95.3 cm³/mol. The molecule has 1 aromatic carbocycles. The molecule has 1 N–H and O–H groups in total. The van der Waals surface area contributed by atoms with E-state index < -0.39 is 5.92 Å². The lowest BCUT2D eigenvalue weighted by molar-refractivity contribution is -0.129. The Bertz CT molecular complexity index is 603. The van der Waals surface area contributed by atoms with Gasteiger partial charge in [0.2, 0.25) is 11.8 Å². The molecular formula is C19H28N2O4. The third-order valence-electron chi connectivity index (χ3n) is 4.45. The van der Waals surface area contributed by atoms with Gasteiger partial charge in [-0.1, -0.05) is 32.0 Å².